The fourth-order valence-corrected chi connectivity index (χ4v) is 2.21. The number of halogens is 2. The van der Waals surface area contributed by atoms with Gasteiger partial charge in [0.05, 0.1) is 5.02 Å². The number of benzene rings is 1. The molecule has 0 aromatic heterocycles. The van der Waals surface area contributed by atoms with Crippen molar-refractivity contribution in [2.24, 2.45) is 5.73 Å². The van der Waals surface area contributed by atoms with Gasteiger partial charge in [0.2, 0.25) is 0 Å². The first-order valence-electron chi connectivity index (χ1n) is 5.40. The summed E-state index contributed by atoms with van der Waals surface area (Å²) in [7, 11) is 0. The van der Waals surface area contributed by atoms with E-state index in [9.17, 15) is 4.39 Å². The van der Waals surface area contributed by atoms with Gasteiger partial charge in [-0.25, -0.2) is 4.39 Å². The lowest BCUT2D eigenvalue weighted by Gasteiger charge is -2.33. The van der Waals surface area contributed by atoms with Crippen molar-refractivity contribution in [3.63, 3.8) is 0 Å². The van der Waals surface area contributed by atoms with Crippen LogP contribution in [-0.4, -0.2) is 18.8 Å². The summed E-state index contributed by atoms with van der Waals surface area (Å²) in [6, 6.07) is 4.78. The van der Waals surface area contributed by atoms with E-state index in [4.69, 9.17) is 22.1 Å². The van der Waals surface area contributed by atoms with E-state index in [2.05, 4.69) is 0 Å². The summed E-state index contributed by atoms with van der Waals surface area (Å²) in [5, 5.41) is 0.160. The standard InChI is InChI=1S/C12H15ClFNO/c13-10-7-9(1-2-11(10)14)8-12(15)3-5-16-6-4-12/h1-2,7H,3-6,8,15H2. The molecule has 0 bridgehead atoms. The summed E-state index contributed by atoms with van der Waals surface area (Å²) in [6.45, 7) is 1.40. The van der Waals surface area contributed by atoms with Gasteiger partial charge in [0.1, 0.15) is 5.82 Å². The fourth-order valence-electron chi connectivity index (χ4n) is 2.01. The van der Waals surface area contributed by atoms with Gasteiger partial charge in [-0.1, -0.05) is 17.7 Å². The summed E-state index contributed by atoms with van der Waals surface area (Å²) < 4.78 is 18.3. The fraction of sp³-hybridized carbons (Fsp3) is 0.500. The molecule has 0 radical (unpaired) electrons. The zero-order valence-electron chi connectivity index (χ0n) is 9.01. The normalized spacial score (nSPS) is 19.7. The predicted octanol–water partition coefficient (Wildman–Crippen LogP) is 2.53. The second kappa shape index (κ2) is 4.70. The van der Waals surface area contributed by atoms with E-state index in [1.807, 2.05) is 0 Å². The molecule has 1 aromatic carbocycles. The van der Waals surface area contributed by atoms with Gasteiger partial charge in [0.15, 0.2) is 0 Å². The third kappa shape index (κ3) is 2.73. The van der Waals surface area contributed by atoms with Gasteiger partial charge < -0.3 is 10.5 Å². The Morgan fingerprint density at radius 3 is 2.69 bits per heavy atom. The molecule has 0 spiro atoms. The topological polar surface area (TPSA) is 35.2 Å². The van der Waals surface area contributed by atoms with Crippen LogP contribution in [0.4, 0.5) is 4.39 Å². The zero-order valence-corrected chi connectivity index (χ0v) is 9.77. The highest BCUT2D eigenvalue weighted by Gasteiger charge is 2.28. The Morgan fingerprint density at radius 2 is 2.06 bits per heavy atom. The monoisotopic (exact) mass is 243 g/mol. The Bertz CT molecular complexity index is 377. The zero-order chi connectivity index (χ0) is 11.6. The van der Waals surface area contributed by atoms with E-state index in [0.717, 1.165) is 24.8 Å². The Labute approximate surface area is 99.5 Å². The molecule has 2 rings (SSSR count). The molecule has 0 amide bonds. The lowest BCUT2D eigenvalue weighted by atomic mass is 9.85. The van der Waals surface area contributed by atoms with Crippen LogP contribution in [0, 0.1) is 5.82 Å². The van der Waals surface area contributed by atoms with Crippen molar-refractivity contribution < 1.29 is 9.13 Å². The molecular weight excluding hydrogens is 229 g/mol. The summed E-state index contributed by atoms with van der Waals surface area (Å²) >= 11 is 5.74. The van der Waals surface area contributed by atoms with Crippen LogP contribution in [-0.2, 0) is 11.2 Å². The summed E-state index contributed by atoms with van der Waals surface area (Å²) in [5.74, 6) is -0.386. The van der Waals surface area contributed by atoms with Crippen LogP contribution in [0.2, 0.25) is 5.02 Å². The molecular formula is C12H15ClFNO. The first kappa shape index (κ1) is 11.8. The number of hydrogen-bond donors (Lipinski definition) is 1. The molecule has 0 aliphatic carbocycles. The van der Waals surface area contributed by atoms with Gasteiger partial charge in [0.25, 0.3) is 0 Å². The van der Waals surface area contributed by atoms with Gasteiger partial charge in [0, 0.05) is 18.8 Å². The van der Waals surface area contributed by atoms with Gasteiger partial charge in [-0.3, -0.25) is 0 Å². The molecule has 0 unspecified atom stereocenters. The maximum absolute atomic E-state index is 13.0. The molecule has 1 fully saturated rings. The van der Waals surface area contributed by atoms with E-state index in [-0.39, 0.29) is 16.4 Å². The second-order valence-electron chi connectivity index (χ2n) is 4.40. The molecule has 0 saturated carbocycles. The second-order valence-corrected chi connectivity index (χ2v) is 4.81. The molecule has 2 nitrogen and oxygen atoms in total. The lowest BCUT2D eigenvalue weighted by molar-refractivity contribution is 0.0533. The van der Waals surface area contributed by atoms with Crippen LogP contribution in [0.1, 0.15) is 18.4 Å². The van der Waals surface area contributed by atoms with Gasteiger partial charge in [-0.15, -0.1) is 0 Å². The first-order chi connectivity index (χ1) is 7.59. The van der Waals surface area contributed by atoms with E-state index in [1.165, 1.54) is 6.07 Å². The number of nitrogens with two attached hydrogens (primary N) is 1. The Hall–Kier alpha value is -0.640. The maximum Gasteiger partial charge on any atom is 0.141 e. The molecule has 4 heteroatoms. The number of ether oxygens (including phenoxy) is 1. The molecule has 1 aliphatic rings. The predicted molar refractivity (Wildman–Crippen MR) is 62.1 cm³/mol. The van der Waals surface area contributed by atoms with Gasteiger partial charge >= 0.3 is 0 Å². The average molecular weight is 244 g/mol. The van der Waals surface area contributed by atoms with E-state index >= 15 is 0 Å². The minimum absolute atomic E-state index is 0.160. The van der Waals surface area contributed by atoms with Crippen LogP contribution in [0.25, 0.3) is 0 Å². The molecule has 16 heavy (non-hydrogen) atoms. The van der Waals surface area contributed by atoms with Crippen LogP contribution in [0.15, 0.2) is 18.2 Å². The summed E-state index contributed by atoms with van der Waals surface area (Å²) in [5.41, 5.74) is 7.01. The van der Waals surface area contributed by atoms with Crippen molar-refractivity contribution in [1.82, 2.24) is 0 Å². The van der Waals surface area contributed by atoms with Crippen molar-refractivity contribution in [3.8, 4) is 0 Å². The molecule has 0 atom stereocenters. The van der Waals surface area contributed by atoms with Crippen LogP contribution in [0.5, 0.6) is 0 Å². The Balaban J connectivity index is 2.10. The first-order valence-corrected chi connectivity index (χ1v) is 5.77. The summed E-state index contributed by atoms with van der Waals surface area (Å²) in [4.78, 5) is 0. The van der Waals surface area contributed by atoms with Crippen molar-refractivity contribution >= 4 is 11.6 Å². The van der Waals surface area contributed by atoms with Crippen LogP contribution in [0.3, 0.4) is 0 Å². The molecule has 1 heterocycles. The number of hydrogen-bond acceptors (Lipinski definition) is 2. The highest BCUT2D eigenvalue weighted by Crippen LogP contribution is 2.24. The van der Waals surface area contributed by atoms with Gasteiger partial charge in [-0.2, -0.15) is 0 Å². The van der Waals surface area contributed by atoms with Crippen molar-refractivity contribution in [3.05, 3.63) is 34.6 Å². The van der Waals surface area contributed by atoms with Crippen LogP contribution < -0.4 is 5.73 Å². The SMILES string of the molecule is NC1(Cc2ccc(F)c(Cl)c2)CCOCC1. The molecule has 88 valence electrons. The third-order valence-electron chi connectivity index (χ3n) is 3.03. The Morgan fingerprint density at radius 1 is 1.38 bits per heavy atom. The minimum Gasteiger partial charge on any atom is -0.381 e. The Kier molecular flexibility index (Phi) is 3.47. The lowest BCUT2D eigenvalue weighted by Crippen LogP contribution is -2.46. The van der Waals surface area contributed by atoms with Crippen molar-refractivity contribution in [2.45, 2.75) is 24.8 Å². The highest BCUT2D eigenvalue weighted by molar-refractivity contribution is 6.30. The van der Waals surface area contributed by atoms with Crippen molar-refractivity contribution in [2.75, 3.05) is 13.2 Å². The minimum atomic E-state index is -0.386. The molecule has 2 N–H and O–H groups in total. The average Bonchev–Trinajstić information content (AvgIpc) is 2.24. The van der Waals surface area contributed by atoms with Crippen LogP contribution >= 0.6 is 11.6 Å². The maximum atomic E-state index is 13.0. The number of rotatable bonds is 2. The van der Waals surface area contributed by atoms with Crippen molar-refractivity contribution in [1.29, 1.82) is 0 Å². The van der Waals surface area contributed by atoms with Gasteiger partial charge in [-0.05, 0) is 37.0 Å². The van der Waals surface area contributed by atoms with E-state index in [0.29, 0.717) is 13.2 Å². The largest absolute Gasteiger partial charge is 0.381 e. The van der Waals surface area contributed by atoms with E-state index in [1.54, 1.807) is 12.1 Å². The molecule has 1 saturated heterocycles. The smallest absolute Gasteiger partial charge is 0.141 e. The quantitative estimate of drug-likeness (QED) is 0.866. The third-order valence-corrected chi connectivity index (χ3v) is 3.32. The van der Waals surface area contributed by atoms with E-state index < -0.39 is 0 Å². The highest BCUT2D eigenvalue weighted by atomic mass is 35.5. The summed E-state index contributed by atoms with van der Waals surface area (Å²) in [6.07, 6.45) is 2.39. The molecule has 1 aromatic rings. The molecule has 1 aliphatic heterocycles.